The van der Waals surface area contributed by atoms with Gasteiger partial charge in [0.15, 0.2) is 0 Å². The van der Waals surface area contributed by atoms with Crippen molar-refractivity contribution in [2.75, 3.05) is 38.1 Å². The highest BCUT2D eigenvalue weighted by molar-refractivity contribution is 5.66. The molecule has 0 aromatic carbocycles. The smallest absolute Gasteiger partial charge is 0.407 e. The average molecular weight is 263 g/mol. The van der Waals surface area contributed by atoms with Crippen LogP contribution in [0.15, 0.2) is 6.20 Å². The first-order valence-corrected chi connectivity index (χ1v) is 6.39. The molecular formula is C12H17N5O2. The molecular weight excluding hydrogens is 246 g/mol. The second kappa shape index (κ2) is 4.65. The summed E-state index contributed by atoms with van der Waals surface area (Å²) in [5.41, 5.74) is 1.76. The molecule has 0 aliphatic carbocycles. The SMILES string of the molecule is CN1CCN(c2ncc3c(n2)CN(C(=O)O)C3)CC1. The minimum absolute atomic E-state index is 0.369. The van der Waals surface area contributed by atoms with Crippen LogP contribution in [-0.2, 0) is 13.1 Å². The van der Waals surface area contributed by atoms with Crippen LogP contribution in [0.25, 0.3) is 0 Å². The molecule has 1 N–H and O–H groups in total. The Morgan fingerprint density at radius 3 is 2.68 bits per heavy atom. The highest BCUT2D eigenvalue weighted by atomic mass is 16.4. The van der Waals surface area contributed by atoms with Gasteiger partial charge in [-0.25, -0.2) is 14.8 Å². The van der Waals surface area contributed by atoms with Gasteiger partial charge in [0.25, 0.3) is 0 Å². The number of carboxylic acid groups (broad SMARTS) is 1. The van der Waals surface area contributed by atoms with E-state index >= 15 is 0 Å². The number of hydrogen-bond donors (Lipinski definition) is 1. The molecule has 7 nitrogen and oxygen atoms in total. The van der Waals surface area contributed by atoms with Gasteiger partial charge in [-0.15, -0.1) is 0 Å². The summed E-state index contributed by atoms with van der Waals surface area (Å²) in [6.07, 6.45) is 0.859. The zero-order chi connectivity index (χ0) is 13.4. The van der Waals surface area contributed by atoms with Gasteiger partial charge >= 0.3 is 6.09 Å². The normalized spacial score (nSPS) is 19.6. The molecule has 3 heterocycles. The molecule has 2 aliphatic heterocycles. The Hall–Kier alpha value is -1.89. The van der Waals surface area contributed by atoms with Gasteiger partial charge in [0.05, 0.1) is 18.8 Å². The molecule has 0 bridgehead atoms. The Morgan fingerprint density at radius 2 is 2.00 bits per heavy atom. The fraction of sp³-hybridized carbons (Fsp3) is 0.583. The van der Waals surface area contributed by atoms with Crippen LogP contribution in [0.5, 0.6) is 0 Å². The molecule has 102 valence electrons. The Kier molecular flexibility index (Phi) is 2.98. The summed E-state index contributed by atoms with van der Waals surface area (Å²) in [4.78, 5) is 25.6. The highest BCUT2D eigenvalue weighted by Crippen LogP contribution is 2.22. The topological polar surface area (TPSA) is 72.8 Å². The Labute approximate surface area is 111 Å². The average Bonchev–Trinajstić information content (AvgIpc) is 2.82. The van der Waals surface area contributed by atoms with Crippen molar-refractivity contribution < 1.29 is 9.90 Å². The molecule has 0 radical (unpaired) electrons. The molecule has 0 atom stereocenters. The molecule has 19 heavy (non-hydrogen) atoms. The first-order chi connectivity index (χ1) is 9.13. The summed E-state index contributed by atoms with van der Waals surface area (Å²) in [6.45, 7) is 4.60. The van der Waals surface area contributed by atoms with E-state index in [1.807, 2.05) is 0 Å². The number of likely N-dealkylation sites (N-methyl/N-ethyl adjacent to an activating group) is 1. The van der Waals surface area contributed by atoms with Gasteiger partial charge in [0, 0.05) is 37.9 Å². The minimum atomic E-state index is -0.904. The largest absolute Gasteiger partial charge is 0.465 e. The molecule has 3 rings (SSSR count). The Balaban J connectivity index is 1.76. The van der Waals surface area contributed by atoms with Gasteiger partial charge in [-0.05, 0) is 7.05 Å². The van der Waals surface area contributed by atoms with Crippen molar-refractivity contribution in [2.45, 2.75) is 13.1 Å². The lowest BCUT2D eigenvalue weighted by molar-refractivity contribution is 0.145. The van der Waals surface area contributed by atoms with Gasteiger partial charge in [0.2, 0.25) is 5.95 Å². The van der Waals surface area contributed by atoms with Crippen molar-refractivity contribution >= 4 is 12.0 Å². The number of hydrogen-bond acceptors (Lipinski definition) is 5. The van der Waals surface area contributed by atoms with Crippen LogP contribution in [0.2, 0.25) is 0 Å². The second-order valence-corrected chi connectivity index (χ2v) is 5.07. The van der Waals surface area contributed by atoms with E-state index in [1.165, 1.54) is 4.90 Å². The summed E-state index contributed by atoms with van der Waals surface area (Å²) in [5, 5.41) is 8.99. The second-order valence-electron chi connectivity index (χ2n) is 5.07. The first-order valence-electron chi connectivity index (χ1n) is 6.39. The molecule has 0 saturated carbocycles. The molecule has 1 saturated heterocycles. The third kappa shape index (κ3) is 2.33. The third-order valence-corrected chi connectivity index (χ3v) is 3.70. The molecule has 1 fully saturated rings. The van der Waals surface area contributed by atoms with Crippen molar-refractivity contribution in [3.8, 4) is 0 Å². The predicted octanol–water partition coefficient (Wildman–Crippen LogP) is 0.222. The number of amides is 1. The maximum absolute atomic E-state index is 11.0. The number of nitrogens with zero attached hydrogens (tertiary/aromatic N) is 5. The van der Waals surface area contributed by atoms with Crippen LogP contribution < -0.4 is 4.90 Å². The predicted molar refractivity (Wildman–Crippen MR) is 69.0 cm³/mol. The van der Waals surface area contributed by atoms with Crippen LogP contribution in [0.3, 0.4) is 0 Å². The zero-order valence-corrected chi connectivity index (χ0v) is 10.9. The third-order valence-electron chi connectivity index (χ3n) is 3.70. The van der Waals surface area contributed by atoms with Crippen LogP contribution in [-0.4, -0.2) is 64.2 Å². The highest BCUT2D eigenvalue weighted by Gasteiger charge is 2.26. The molecule has 1 aromatic heterocycles. The monoisotopic (exact) mass is 263 g/mol. The molecule has 0 spiro atoms. The summed E-state index contributed by atoms with van der Waals surface area (Å²) in [5.74, 6) is 0.721. The summed E-state index contributed by atoms with van der Waals surface area (Å²) in [7, 11) is 2.10. The Morgan fingerprint density at radius 1 is 1.26 bits per heavy atom. The number of carbonyl (C=O) groups is 1. The zero-order valence-electron chi connectivity index (χ0n) is 10.9. The van der Waals surface area contributed by atoms with E-state index in [2.05, 4.69) is 26.8 Å². The molecule has 0 unspecified atom stereocenters. The van der Waals surface area contributed by atoms with Gasteiger partial charge in [-0.3, -0.25) is 4.90 Å². The molecule has 1 aromatic rings. The summed E-state index contributed by atoms with van der Waals surface area (Å²) < 4.78 is 0. The van der Waals surface area contributed by atoms with Crippen LogP contribution in [0, 0.1) is 0 Å². The van der Waals surface area contributed by atoms with Crippen molar-refractivity contribution in [1.82, 2.24) is 19.8 Å². The lowest BCUT2D eigenvalue weighted by Gasteiger charge is -2.32. The lowest BCUT2D eigenvalue weighted by atomic mass is 10.3. The van der Waals surface area contributed by atoms with Crippen molar-refractivity contribution in [3.05, 3.63) is 17.5 Å². The number of rotatable bonds is 1. The van der Waals surface area contributed by atoms with Gasteiger partial charge < -0.3 is 14.9 Å². The van der Waals surface area contributed by atoms with Crippen LogP contribution >= 0.6 is 0 Å². The molecule has 1 amide bonds. The van der Waals surface area contributed by atoms with Crippen molar-refractivity contribution in [1.29, 1.82) is 0 Å². The van der Waals surface area contributed by atoms with Gasteiger partial charge in [-0.2, -0.15) is 0 Å². The standard InChI is InChI=1S/C12H17N5O2/c1-15-2-4-16(5-3-15)11-13-6-9-7-17(12(18)19)8-10(9)14-11/h6H,2-5,7-8H2,1H3,(H,18,19). The fourth-order valence-corrected chi connectivity index (χ4v) is 2.44. The van der Waals surface area contributed by atoms with E-state index in [1.54, 1.807) is 6.20 Å². The number of fused-ring (bicyclic) bond motifs is 1. The van der Waals surface area contributed by atoms with Crippen molar-refractivity contribution in [2.24, 2.45) is 0 Å². The van der Waals surface area contributed by atoms with Crippen LogP contribution in [0.4, 0.5) is 10.7 Å². The van der Waals surface area contributed by atoms with Crippen LogP contribution in [0.1, 0.15) is 11.3 Å². The van der Waals surface area contributed by atoms with E-state index in [-0.39, 0.29) is 0 Å². The fourth-order valence-electron chi connectivity index (χ4n) is 2.44. The number of aromatic nitrogens is 2. The Bertz CT molecular complexity index is 499. The minimum Gasteiger partial charge on any atom is -0.465 e. The van der Waals surface area contributed by atoms with E-state index in [0.29, 0.717) is 13.1 Å². The van der Waals surface area contributed by atoms with Gasteiger partial charge in [-0.1, -0.05) is 0 Å². The lowest BCUT2D eigenvalue weighted by Crippen LogP contribution is -2.45. The van der Waals surface area contributed by atoms with Crippen molar-refractivity contribution in [3.63, 3.8) is 0 Å². The first kappa shape index (κ1) is 12.2. The van der Waals surface area contributed by atoms with E-state index < -0.39 is 6.09 Å². The van der Waals surface area contributed by atoms with Gasteiger partial charge in [0.1, 0.15) is 0 Å². The number of anilines is 1. The molecule has 7 heteroatoms. The van der Waals surface area contributed by atoms with E-state index in [0.717, 1.165) is 43.4 Å². The quantitative estimate of drug-likeness (QED) is 0.781. The maximum Gasteiger partial charge on any atom is 0.407 e. The van der Waals surface area contributed by atoms with E-state index in [4.69, 9.17) is 5.11 Å². The summed E-state index contributed by atoms with van der Waals surface area (Å²) >= 11 is 0. The maximum atomic E-state index is 11.0. The summed E-state index contributed by atoms with van der Waals surface area (Å²) in [6, 6.07) is 0. The molecule has 2 aliphatic rings. The number of piperazine rings is 1. The van der Waals surface area contributed by atoms with E-state index in [9.17, 15) is 4.79 Å².